The van der Waals surface area contributed by atoms with E-state index in [2.05, 4.69) is 37.4 Å². The van der Waals surface area contributed by atoms with Crippen LogP contribution in [0.5, 0.6) is 0 Å². The fourth-order valence-corrected chi connectivity index (χ4v) is 2.05. The van der Waals surface area contributed by atoms with Crippen molar-refractivity contribution in [3.8, 4) is 0 Å². The first-order valence-electron chi connectivity index (χ1n) is 5.49. The van der Waals surface area contributed by atoms with Crippen molar-refractivity contribution in [1.29, 1.82) is 0 Å². The molecule has 1 aromatic rings. The maximum absolute atomic E-state index is 4.24. The lowest BCUT2D eigenvalue weighted by Gasteiger charge is -2.41. The predicted molar refractivity (Wildman–Crippen MR) is 58.3 cm³/mol. The third-order valence-electron chi connectivity index (χ3n) is 3.47. The predicted octanol–water partition coefficient (Wildman–Crippen LogP) is 2.36. The molecule has 1 heterocycles. The molecule has 0 aliphatic heterocycles. The van der Waals surface area contributed by atoms with Gasteiger partial charge in [0.1, 0.15) is 0 Å². The molecule has 1 fully saturated rings. The average Bonchev–Trinajstić information content (AvgIpc) is 2.65. The van der Waals surface area contributed by atoms with Crippen LogP contribution >= 0.6 is 0 Å². The van der Waals surface area contributed by atoms with E-state index in [1.54, 1.807) is 0 Å². The van der Waals surface area contributed by atoms with Gasteiger partial charge in [0.25, 0.3) is 0 Å². The van der Waals surface area contributed by atoms with E-state index in [1.165, 1.54) is 6.42 Å². The first-order chi connectivity index (χ1) is 6.70. The molecule has 1 aromatic heterocycles. The van der Waals surface area contributed by atoms with Crippen LogP contribution in [0.2, 0.25) is 0 Å². The monoisotopic (exact) mass is 193 g/mol. The molecule has 2 rings (SSSR count). The highest BCUT2D eigenvalue weighted by Crippen LogP contribution is 2.35. The number of nitrogens with zero attached hydrogens (tertiary/aromatic N) is 2. The van der Waals surface area contributed by atoms with Crippen LogP contribution in [0.4, 0.5) is 5.69 Å². The second-order valence-corrected chi connectivity index (χ2v) is 4.41. The molecule has 1 N–H and O–H groups in total. The maximum Gasteiger partial charge on any atom is 0.0728 e. The average molecular weight is 193 g/mol. The van der Waals surface area contributed by atoms with Gasteiger partial charge >= 0.3 is 0 Å². The van der Waals surface area contributed by atoms with E-state index in [4.69, 9.17) is 0 Å². The SMILES string of the molecule is CCn1cc(NC2CC(C)C2C)cn1. The molecule has 0 aromatic carbocycles. The summed E-state index contributed by atoms with van der Waals surface area (Å²) in [6.07, 6.45) is 5.29. The normalized spacial score (nSPS) is 31.2. The summed E-state index contributed by atoms with van der Waals surface area (Å²) in [6.45, 7) is 7.68. The summed E-state index contributed by atoms with van der Waals surface area (Å²) in [4.78, 5) is 0. The lowest BCUT2D eigenvalue weighted by atomic mass is 9.71. The summed E-state index contributed by atoms with van der Waals surface area (Å²) in [5.74, 6) is 1.66. The fraction of sp³-hybridized carbons (Fsp3) is 0.727. The molecular formula is C11H19N3. The topological polar surface area (TPSA) is 29.9 Å². The van der Waals surface area contributed by atoms with Gasteiger partial charge in [-0.2, -0.15) is 5.10 Å². The molecule has 1 aliphatic carbocycles. The van der Waals surface area contributed by atoms with Gasteiger partial charge in [-0.3, -0.25) is 4.68 Å². The number of nitrogens with one attached hydrogen (secondary N) is 1. The van der Waals surface area contributed by atoms with Crippen molar-refractivity contribution in [3.63, 3.8) is 0 Å². The molecule has 0 saturated heterocycles. The molecule has 3 unspecified atom stereocenters. The highest BCUT2D eigenvalue weighted by atomic mass is 15.3. The Labute approximate surface area is 85.5 Å². The number of rotatable bonds is 3. The minimum absolute atomic E-state index is 0.652. The van der Waals surface area contributed by atoms with Crippen LogP contribution in [-0.2, 0) is 6.54 Å². The molecule has 3 nitrogen and oxygen atoms in total. The summed E-state index contributed by atoms with van der Waals surface area (Å²) in [6, 6.07) is 0.652. The standard InChI is InChI=1S/C11H19N3/c1-4-14-7-10(6-12-14)13-11-5-8(2)9(11)3/h6-9,11,13H,4-5H2,1-3H3. The zero-order valence-corrected chi connectivity index (χ0v) is 9.20. The molecule has 78 valence electrons. The first-order valence-corrected chi connectivity index (χ1v) is 5.49. The Bertz CT molecular complexity index is 305. The zero-order chi connectivity index (χ0) is 10.1. The molecule has 0 bridgehead atoms. The van der Waals surface area contributed by atoms with Gasteiger partial charge < -0.3 is 5.32 Å². The van der Waals surface area contributed by atoms with Gasteiger partial charge in [0.15, 0.2) is 0 Å². The largest absolute Gasteiger partial charge is 0.379 e. The van der Waals surface area contributed by atoms with Crippen LogP contribution in [0, 0.1) is 11.8 Å². The quantitative estimate of drug-likeness (QED) is 0.798. The highest BCUT2D eigenvalue weighted by Gasteiger charge is 2.34. The zero-order valence-electron chi connectivity index (χ0n) is 9.20. The van der Waals surface area contributed by atoms with Gasteiger partial charge in [0.05, 0.1) is 11.9 Å². The third kappa shape index (κ3) is 1.63. The molecule has 3 heteroatoms. The number of hydrogen-bond donors (Lipinski definition) is 1. The van der Waals surface area contributed by atoms with E-state index >= 15 is 0 Å². The van der Waals surface area contributed by atoms with Crippen LogP contribution in [0.3, 0.4) is 0 Å². The van der Waals surface area contributed by atoms with Crippen molar-refractivity contribution in [2.75, 3.05) is 5.32 Å². The Morgan fingerprint density at radius 3 is 2.86 bits per heavy atom. The van der Waals surface area contributed by atoms with Crippen LogP contribution in [0.15, 0.2) is 12.4 Å². The van der Waals surface area contributed by atoms with Crippen LogP contribution in [0.1, 0.15) is 27.2 Å². The van der Waals surface area contributed by atoms with Crippen LogP contribution < -0.4 is 5.32 Å². The van der Waals surface area contributed by atoms with E-state index in [0.717, 1.165) is 24.1 Å². The van der Waals surface area contributed by atoms with Crippen molar-refractivity contribution in [3.05, 3.63) is 12.4 Å². The molecule has 3 atom stereocenters. The lowest BCUT2D eigenvalue weighted by molar-refractivity contribution is 0.189. The van der Waals surface area contributed by atoms with Crippen molar-refractivity contribution in [2.45, 2.75) is 39.8 Å². The molecule has 0 spiro atoms. The number of aryl methyl sites for hydroxylation is 1. The van der Waals surface area contributed by atoms with Crippen LogP contribution in [-0.4, -0.2) is 15.8 Å². The number of hydrogen-bond acceptors (Lipinski definition) is 2. The summed E-state index contributed by atoms with van der Waals surface area (Å²) in [5.41, 5.74) is 1.16. The van der Waals surface area contributed by atoms with Gasteiger partial charge in [-0.25, -0.2) is 0 Å². The van der Waals surface area contributed by atoms with E-state index in [1.807, 2.05) is 10.9 Å². The smallest absolute Gasteiger partial charge is 0.0728 e. The van der Waals surface area contributed by atoms with Gasteiger partial charge in [-0.05, 0) is 25.2 Å². The molecule has 1 saturated carbocycles. The van der Waals surface area contributed by atoms with Crippen molar-refractivity contribution in [2.24, 2.45) is 11.8 Å². The molecule has 14 heavy (non-hydrogen) atoms. The molecule has 1 aliphatic rings. The summed E-state index contributed by atoms with van der Waals surface area (Å²) >= 11 is 0. The van der Waals surface area contributed by atoms with Gasteiger partial charge in [-0.1, -0.05) is 13.8 Å². The highest BCUT2D eigenvalue weighted by molar-refractivity contribution is 5.40. The van der Waals surface area contributed by atoms with Crippen LogP contribution in [0.25, 0.3) is 0 Å². The Hall–Kier alpha value is -0.990. The molecule has 0 amide bonds. The number of anilines is 1. The maximum atomic E-state index is 4.24. The molecular weight excluding hydrogens is 174 g/mol. The Kier molecular flexibility index (Phi) is 2.48. The van der Waals surface area contributed by atoms with Gasteiger partial charge in [0.2, 0.25) is 0 Å². The van der Waals surface area contributed by atoms with Gasteiger partial charge in [-0.15, -0.1) is 0 Å². The lowest BCUT2D eigenvalue weighted by Crippen LogP contribution is -2.43. The summed E-state index contributed by atoms with van der Waals surface area (Å²) in [5, 5.41) is 7.77. The second kappa shape index (κ2) is 3.64. The molecule has 0 radical (unpaired) electrons. The fourth-order valence-electron chi connectivity index (χ4n) is 2.05. The second-order valence-electron chi connectivity index (χ2n) is 4.41. The Morgan fingerprint density at radius 1 is 1.57 bits per heavy atom. The van der Waals surface area contributed by atoms with E-state index in [0.29, 0.717) is 6.04 Å². The minimum atomic E-state index is 0.652. The minimum Gasteiger partial charge on any atom is -0.379 e. The third-order valence-corrected chi connectivity index (χ3v) is 3.47. The van der Waals surface area contributed by atoms with E-state index < -0.39 is 0 Å². The van der Waals surface area contributed by atoms with Crippen molar-refractivity contribution in [1.82, 2.24) is 9.78 Å². The van der Waals surface area contributed by atoms with E-state index in [9.17, 15) is 0 Å². The van der Waals surface area contributed by atoms with Crippen molar-refractivity contribution >= 4 is 5.69 Å². The first kappa shape index (κ1) is 9.56. The summed E-state index contributed by atoms with van der Waals surface area (Å²) in [7, 11) is 0. The Morgan fingerprint density at radius 2 is 2.36 bits per heavy atom. The van der Waals surface area contributed by atoms with Gasteiger partial charge in [0, 0.05) is 18.8 Å². The van der Waals surface area contributed by atoms with E-state index in [-0.39, 0.29) is 0 Å². The van der Waals surface area contributed by atoms with Crippen molar-refractivity contribution < 1.29 is 0 Å². The summed E-state index contributed by atoms with van der Waals surface area (Å²) < 4.78 is 1.95. The Balaban J connectivity index is 1.92. The number of aromatic nitrogens is 2.